The van der Waals surface area contributed by atoms with E-state index in [2.05, 4.69) is 0 Å². The van der Waals surface area contributed by atoms with Gasteiger partial charge in [-0.2, -0.15) is 0 Å². The van der Waals surface area contributed by atoms with Gasteiger partial charge in [-0.25, -0.2) is 0 Å². The van der Waals surface area contributed by atoms with Gasteiger partial charge < -0.3 is 25.2 Å². The van der Waals surface area contributed by atoms with Crippen molar-refractivity contribution >= 4 is 0 Å². The Labute approximate surface area is 89.3 Å². The van der Waals surface area contributed by atoms with Crippen molar-refractivity contribution in [3.8, 4) is 0 Å². The van der Waals surface area contributed by atoms with Crippen LogP contribution in [0.3, 0.4) is 0 Å². The summed E-state index contributed by atoms with van der Waals surface area (Å²) in [6.45, 7) is 5.21. The number of hydrogen-bond donors (Lipinski definition) is 4. The van der Waals surface area contributed by atoms with Gasteiger partial charge in [0.15, 0.2) is 0 Å². The van der Waals surface area contributed by atoms with E-state index < -0.39 is 30.5 Å². The molecule has 1 fully saturated rings. The van der Waals surface area contributed by atoms with Crippen LogP contribution in [0.1, 0.15) is 20.8 Å². The first-order valence-electron chi connectivity index (χ1n) is 5.09. The molecule has 0 radical (unpaired) electrons. The lowest BCUT2D eigenvalue weighted by atomic mass is 9.80. The minimum Gasteiger partial charge on any atom is -0.394 e. The molecule has 1 saturated heterocycles. The first kappa shape index (κ1) is 12.9. The second kappa shape index (κ2) is 4.35. The molecule has 0 spiro atoms. The number of aliphatic hydroxyl groups is 4. The minimum absolute atomic E-state index is 0.367. The summed E-state index contributed by atoms with van der Waals surface area (Å²) in [4.78, 5) is 0. The van der Waals surface area contributed by atoms with Crippen molar-refractivity contribution in [3.05, 3.63) is 0 Å². The van der Waals surface area contributed by atoms with E-state index in [9.17, 15) is 15.3 Å². The van der Waals surface area contributed by atoms with E-state index in [0.717, 1.165) is 0 Å². The third-order valence-electron chi connectivity index (χ3n) is 2.75. The van der Waals surface area contributed by atoms with E-state index >= 15 is 0 Å². The smallest absolute Gasteiger partial charge is 0.111 e. The van der Waals surface area contributed by atoms with Gasteiger partial charge in [0.1, 0.15) is 24.4 Å². The molecule has 1 aliphatic rings. The van der Waals surface area contributed by atoms with E-state index in [1.54, 1.807) is 0 Å². The van der Waals surface area contributed by atoms with Gasteiger partial charge in [-0.05, 0) is 5.41 Å². The second-order valence-corrected chi connectivity index (χ2v) is 5.12. The molecule has 0 bridgehead atoms. The van der Waals surface area contributed by atoms with Crippen LogP contribution in [0.25, 0.3) is 0 Å². The molecule has 5 heteroatoms. The lowest BCUT2D eigenvalue weighted by Crippen LogP contribution is -2.61. The van der Waals surface area contributed by atoms with E-state index in [0.29, 0.717) is 0 Å². The van der Waals surface area contributed by atoms with Crippen LogP contribution < -0.4 is 0 Å². The molecule has 0 aromatic carbocycles. The predicted molar refractivity (Wildman–Crippen MR) is 53.2 cm³/mol. The van der Waals surface area contributed by atoms with E-state index in [-0.39, 0.29) is 12.0 Å². The molecule has 0 amide bonds. The van der Waals surface area contributed by atoms with Crippen molar-refractivity contribution in [3.63, 3.8) is 0 Å². The summed E-state index contributed by atoms with van der Waals surface area (Å²) < 4.78 is 5.38. The SMILES string of the molecule is CC(C)(C)C1OC(CO)[C@H](O)C(O)[C@@H]1O. The topological polar surface area (TPSA) is 90.2 Å². The lowest BCUT2D eigenvalue weighted by Gasteiger charge is -2.45. The van der Waals surface area contributed by atoms with Crippen molar-refractivity contribution in [1.82, 2.24) is 0 Å². The van der Waals surface area contributed by atoms with Gasteiger partial charge in [0.2, 0.25) is 0 Å². The van der Waals surface area contributed by atoms with Gasteiger partial charge >= 0.3 is 0 Å². The van der Waals surface area contributed by atoms with Crippen LogP contribution in [0.4, 0.5) is 0 Å². The summed E-state index contributed by atoms with van der Waals surface area (Å²) >= 11 is 0. The van der Waals surface area contributed by atoms with Gasteiger partial charge in [0.25, 0.3) is 0 Å². The molecule has 3 unspecified atom stereocenters. The molecule has 0 aromatic heterocycles. The summed E-state index contributed by atoms with van der Waals surface area (Å²) in [5, 5.41) is 37.8. The quantitative estimate of drug-likeness (QED) is 0.449. The zero-order chi connectivity index (χ0) is 11.8. The van der Waals surface area contributed by atoms with Crippen LogP contribution in [0.15, 0.2) is 0 Å². The first-order chi connectivity index (χ1) is 6.79. The van der Waals surface area contributed by atoms with E-state index in [1.165, 1.54) is 0 Å². The highest BCUT2D eigenvalue weighted by atomic mass is 16.5. The summed E-state index contributed by atoms with van der Waals surface area (Å²) in [5.74, 6) is 0. The Morgan fingerprint density at radius 2 is 1.53 bits per heavy atom. The predicted octanol–water partition coefficient (Wildman–Crippen LogP) is -1.13. The molecule has 5 atom stereocenters. The summed E-state index contributed by atoms with van der Waals surface area (Å²) in [6.07, 6.45) is -5.10. The second-order valence-electron chi connectivity index (χ2n) is 5.12. The standard InChI is InChI=1S/C10H20O5/c1-10(2,3)9-8(14)7(13)6(12)5(4-11)15-9/h5-9,11-14H,4H2,1-3H3/t5?,6-,7?,8-,9?/m0/s1. The summed E-state index contributed by atoms with van der Waals surface area (Å²) in [6, 6.07) is 0. The maximum Gasteiger partial charge on any atom is 0.111 e. The third-order valence-corrected chi connectivity index (χ3v) is 2.75. The van der Waals surface area contributed by atoms with Crippen LogP contribution >= 0.6 is 0 Å². The van der Waals surface area contributed by atoms with Gasteiger partial charge in [0.05, 0.1) is 12.7 Å². The van der Waals surface area contributed by atoms with Crippen LogP contribution in [-0.2, 0) is 4.74 Å². The average molecular weight is 220 g/mol. The molecular formula is C10H20O5. The van der Waals surface area contributed by atoms with Crippen molar-refractivity contribution in [2.75, 3.05) is 6.61 Å². The highest BCUT2D eigenvalue weighted by Crippen LogP contribution is 2.32. The highest BCUT2D eigenvalue weighted by Gasteiger charge is 2.47. The van der Waals surface area contributed by atoms with Crippen molar-refractivity contribution in [2.45, 2.75) is 51.3 Å². The summed E-state index contributed by atoms with van der Waals surface area (Å²) in [7, 11) is 0. The molecule has 0 aromatic rings. The molecule has 1 heterocycles. The Morgan fingerprint density at radius 3 is 1.93 bits per heavy atom. The number of hydrogen-bond acceptors (Lipinski definition) is 5. The van der Waals surface area contributed by atoms with Gasteiger partial charge in [-0.3, -0.25) is 0 Å². The number of rotatable bonds is 1. The van der Waals surface area contributed by atoms with Crippen molar-refractivity contribution < 1.29 is 25.2 Å². The zero-order valence-corrected chi connectivity index (χ0v) is 9.29. The molecule has 0 saturated carbocycles. The van der Waals surface area contributed by atoms with Crippen LogP contribution in [-0.4, -0.2) is 57.6 Å². The fraction of sp³-hybridized carbons (Fsp3) is 1.00. The third kappa shape index (κ3) is 2.49. The zero-order valence-electron chi connectivity index (χ0n) is 9.29. The van der Waals surface area contributed by atoms with Crippen molar-refractivity contribution in [2.24, 2.45) is 5.41 Å². The normalized spacial score (nSPS) is 43.0. The maximum absolute atomic E-state index is 9.74. The minimum atomic E-state index is -1.28. The average Bonchev–Trinajstić information content (AvgIpc) is 2.13. The molecular weight excluding hydrogens is 200 g/mol. The fourth-order valence-corrected chi connectivity index (χ4v) is 1.82. The lowest BCUT2D eigenvalue weighted by molar-refractivity contribution is -0.250. The monoisotopic (exact) mass is 220 g/mol. The molecule has 1 rings (SSSR count). The van der Waals surface area contributed by atoms with Gasteiger partial charge in [0, 0.05) is 0 Å². The van der Waals surface area contributed by atoms with Crippen LogP contribution in [0.5, 0.6) is 0 Å². The van der Waals surface area contributed by atoms with E-state index in [4.69, 9.17) is 9.84 Å². The Kier molecular flexibility index (Phi) is 3.73. The Bertz CT molecular complexity index is 210. The van der Waals surface area contributed by atoms with Crippen LogP contribution in [0, 0.1) is 5.41 Å². The maximum atomic E-state index is 9.74. The van der Waals surface area contributed by atoms with E-state index in [1.807, 2.05) is 20.8 Å². The highest BCUT2D eigenvalue weighted by molar-refractivity contribution is 4.96. The molecule has 15 heavy (non-hydrogen) atoms. The first-order valence-corrected chi connectivity index (χ1v) is 5.09. The van der Waals surface area contributed by atoms with Gasteiger partial charge in [-0.15, -0.1) is 0 Å². The van der Waals surface area contributed by atoms with Crippen LogP contribution in [0.2, 0.25) is 0 Å². The number of ether oxygens (including phenoxy) is 1. The Balaban J connectivity index is 2.83. The Hall–Kier alpha value is -0.200. The molecule has 90 valence electrons. The summed E-state index contributed by atoms with van der Waals surface area (Å²) in [5.41, 5.74) is -0.367. The Morgan fingerprint density at radius 1 is 1.00 bits per heavy atom. The molecule has 5 nitrogen and oxygen atoms in total. The molecule has 1 aliphatic heterocycles. The molecule has 4 N–H and O–H groups in total. The largest absolute Gasteiger partial charge is 0.394 e. The van der Waals surface area contributed by atoms with Crippen molar-refractivity contribution in [1.29, 1.82) is 0 Å². The fourth-order valence-electron chi connectivity index (χ4n) is 1.82. The van der Waals surface area contributed by atoms with Gasteiger partial charge in [-0.1, -0.05) is 20.8 Å². The molecule has 0 aliphatic carbocycles. The number of aliphatic hydroxyl groups excluding tert-OH is 4.